The lowest BCUT2D eigenvalue weighted by Crippen LogP contribution is -2.34. The fourth-order valence-corrected chi connectivity index (χ4v) is 9.49. The van der Waals surface area contributed by atoms with Gasteiger partial charge in [-0.15, -0.1) is 11.6 Å². The third-order valence-corrected chi connectivity index (χ3v) is 12.4. The van der Waals surface area contributed by atoms with Gasteiger partial charge in [-0.2, -0.15) is 0 Å². The zero-order chi connectivity index (χ0) is 19.6. The molecule has 0 radical (unpaired) electrons. The standard InChI is InChI=1S/C13H22Br6ClO4P/c1-11(2-20)24-25(21,22-9-12(3-14,4-15)5-16)23-10-13(6-17,7-18)8-19/h11H,2-10H2,1H3. The van der Waals surface area contributed by atoms with Crippen LogP contribution in [-0.2, 0) is 18.1 Å². The van der Waals surface area contributed by atoms with Crippen LogP contribution in [0.5, 0.6) is 0 Å². The average molecular weight is 788 g/mol. The van der Waals surface area contributed by atoms with Gasteiger partial charge < -0.3 is 0 Å². The van der Waals surface area contributed by atoms with Crippen LogP contribution in [0.4, 0.5) is 0 Å². The van der Waals surface area contributed by atoms with Crippen LogP contribution in [0.3, 0.4) is 0 Å². The summed E-state index contributed by atoms with van der Waals surface area (Å²) in [5, 5.41) is 3.97. The van der Waals surface area contributed by atoms with E-state index in [0.717, 1.165) is 0 Å². The summed E-state index contributed by atoms with van der Waals surface area (Å²) in [5.41, 5.74) is -0.548. The van der Waals surface area contributed by atoms with E-state index in [0.29, 0.717) is 32.0 Å². The quantitative estimate of drug-likeness (QED) is 0.131. The van der Waals surface area contributed by atoms with Crippen molar-refractivity contribution in [1.82, 2.24) is 0 Å². The van der Waals surface area contributed by atoms with Crippen LogP contribution < -0.4 is 0 Å². The lowest BCUT2D eigenvalue weighted by molar-refractivity contribution is 0.0580. The lowest BCUT2D eigenvalue weighted by atomic mass is 9.98. The topological polar surface area (TPSA) is 44.8 Å². The summed E-state index contributed by atoms with van der Waals surface area (Å²) in [6.07, 6.45) is -0.454. The van der Waals surface area contributed by atoms with Gasteiger partial charge in [-0.05, 0) is 6.92 Å². The van der Waals surface area contributed by atoms with E-state index in [1.165, 1.54) is 0 Å². The number of phosphoric ester groups is 1. The largest absolute Gasteiger partial charge is 0.475 e. The SMILES string of the molecule is CC(CCl)OP(=O)(OCC(CBr)(CBr)CBr)OCC(CBr)(CBr)CBr. The number of hydrogen-bond donors (Lipinski definition) is 0. The second-order valence-corrected chi connectivity index (χ2v) is 11.2. The molecule has 0 heterocycles. The minimum Gasteiger partial charge on any atom is -0.286 e. The molecule has 25 heavy (non-hydrogen) atoms. The maximum absolute atomic E-state index is 13.2. The van der Waals surface area contributed by atoms with Gasteiger partial charge in [0, 0.05) is 48.7 Å². The van der Waals surface area contributed by atoms with E-state index in [4.69, 9.17) is 25.2 Å². The van der Waals surface area contributed by atoms with E-state index in [-0.39, 0.29) is 29.9 Å². The van der Waals surface area contributed by atoms with Crippen molar-refractivity contribution in [1.29, 1.82) is 0 Å². The summed E-state index contributed by atoms with van der Waals surface area (Å²) < 4.78 is 30.1. The Morgan fingerprint density at radius 3 is 1.40 bits per heavy atom. The molecule has 0 aliphatic rings. The Labute approximate surface area is 206 Å². The molecule has 0 rings (SSSR count). The van der Waals surface area contributed by atoms with E-state index in [1.807, 2.05) is 0 Å². The van der Waals surface area contributed by atoms with Gasteiger partial charge in [-0.1, -0.05) is 95.6 Å². The molecule has 0 fully saturated rings. The fraction of sp³-hybridized carbons (Fsp3) is 1.00. The molecule has 0 amide bonds. The maximum atomic E-state index is 13.2. The first-order valence-corrected chi connectivity index (χ1v) is 16.0. The Hall–Kier alpha value is 3.28. The first-order valence-electron chi connectivity index (χ1n) is 7.23. The van der Waals surface area contributed by atoms with Gasteiger partial charge in [0.15, 0.2) is 0 Å². The second kappa shape index (κ2) is 14.3. The minimum absolute atomic E-state index is 0.192. The van der Waals surface area contributed by atoms with Crippen molar-refractivity contribution in [2.75, 3.05) is 51.1 Å². The number of phosphoric acid groups is 1. The lowest BCUT2D eigenvalue weighted by Gasteiger charge is -2.32. The first kappa shape index (κ1) is 28.3. The van der Waals surface area contributed by atoms with Gasteiger partial charge in [0.1, 0.15) is 0 Å². The van der Waals surface area contributed by atoms with Crippen LogP contribution in [0.1, 0.15) is 6.92 Å². The summed E-state index contributed by atoms with van der Waals surface area (Å²) in [7, 11) is -3.77. The van der Waals surface area contributed by atoms with Crippen molar-refractivity contribution in [3.63, 3.8) is 0 Å². The van der Waals surface area contributed by atoms with Crippen molar-refractivity contribution in [2.24, 2.45) is 10.8 Å². The highest BCUT2D eigenvalue weighted by Gasteiger charge is 2.38. The zero-order valence-corrected chi connectivity index (χ0v) is 24.8. The minimum atomic E-state index is -3.77. The number of halogens is 7. The molecule has 0 aromatic carbocycles. The van der Waals surface area contributed by atoms with E-state index < -0.39 is 13.9 Å². The normalized spacial score (nSPS) is 14.7. The van der Waals surface area contributed by atoms with Crippen molar-refractivity contribution in [3.8, 4) is 0 Å². The second-order valence-electron chi connectivity index (χ2n) is 5.87. The molecule has 0 saturated heterocycles. The highest BCUT2D eigenvalue weighted by molar-refractivity contribution is 9.10. The molecular formula is C13H22Br6ClO4P. The zero-order valence-electron chi connectivity index (χ0n) is 13.7. The summed E-state index contributed by atoms with van der Waals surface area (Å²) in [5.74, 6) is 0.192. The molecule has 0 aliphatic carbocycles. The van der Waals surface area contributed by atoms with Gasteiger partial charge in [-0.3, -0.25) is 13.6 Å². The molecule has 0 saturated carbocycles. The van der Waals surface area contributed by atoms with E-state index in [9.17, 15) is 4.57 Å². The predicted molar refractivity (Wildman–Crippen MR) is 128 cm³/mol. The third-order valence-electron chi connectivity index (χ3n) is 3.28. The molecular weight excluding hydrogens is 766 g/mol. The average Bonchev–Trinajstić information content (AvgIpc) is 2.65. The van der Waals surface area contributed by atoms with Crippen LogP contribution in [0.15, 0.2) is 0 Å². The molecule has 1 atom stereocenters. The summed E-state index contributed by atoms with van der Waals surface area (Å²) >= 11 is 26.7. The molecule has 4 nitrogen and oxygen atoms in total. The fourth-order valence-electron chi connectivity index (χ4n) is 1.22. The number of alkyl halides is 7. The molecule has 0 aliphatic heterocycles. The molecule has 0 spiro atoms. The highest BCUT2D eigenvalue weighted by atomic mass is 79.9. The van der Waals surface area contributed by atoms with Crippen LogP contribution in [0.2, 0.25) is 0 Å². The molecule has 0 aromatic heterocycles. The van der Waals surface area contributed by atoms with Crippen molar-refractivity contribution in [2.45, 2.75) is 13.0 Å². The van der Waals surface area contributed by atoms with Crippen molar-refractivity contribution in [3.05, 3.63) is 0 Å². The smallest absolute Gasteiger partial charge is 0.286 e. The molecule has 0 bridgehead atoms. The maximum Gasteiger partial charge on any atom is 0.475 e. The predicted octanol–water partition coefficient (Wildman–Crippen LogP) is 7.11. The first-order chi connectivity index (χ1) is 11.7. The van der Waals surface area contributed by atoms with E-state index in [2.05, 4.69) is 95.6 Å². The molecule has 1 unspecified atom stereocenters. The Kier molecular flexibility index (Phi) is 16.2. The summed E-state index contributed by atoms with van der Waals surface area (Å²) in [4.78, 5) is 0. The third kappa shape index (κ3) is 9.75. The van der Waals surface area contributed by atoms with Crippen molar-refractivity contribution < 1.29 is 18.1 Å². The number of rotatable bonds is 15. The monoisotopic (exact) mass is 782 g/mol. The van der Waals surface area contributed by atoms with Crippen LogP contribution >= 0.6 is 115 Å². The van der Waals surface area contributed by atoms with Crippen LogP contribution in [-0.4, -0.2) is 57.2 Å². The Morgan fingerprint density at radius 1 is 0.840 bits per heavy atom. The molecule has 0 N–H and O–H groups in total. The van der Waals surface area contributed by atoms with Crippen molar-refractivity contribution >= 4 is 115 Å². The molecule has 0 aromatic rings. The van der Waals surface area contributed by atoms with Gasteiger partial charge in [0.25, 0.3) is 0 Å². The molecule has 152 valence electrons. The van der Waals surface area contributed by atoms with E-state index >= 15 is 0 Å². The highest BCUT2D eigenvalue weighted by Crippen LogP contribution is 2.53. The van der Waals surface area contributed by atoms with Gasteiger partial charge in [-0.25, -0.2) is 4.57 Å². The summed E-state index contributed by atoms with van der Waals surface area (Å²) in [6, 6.07) is 0. The van der Waals surface area contributed by atoms with Crippen LogP contribution in [0.25, 0.3) is 0 Å². The Bertz CT molecular complexity index is 367. The Balaban J connectivity index is 5.21. The van der Waals surface area contributed by atoms with Gasteiger partial charge >= 0.3 is 7.82 Å². The molecule has 12 heteroatoms. The van der Waals surface area contributed by atoms with Gasteiger partial charge in [0.2, 0.25) is 0 Å². The Morgan fingerprint density at radius 2 is 1.16 bits per heavy atom. The number of hydrogen-bond acceptors (Lipinski definition) is 4. The van der Waals surface area contributed by atoms with Gasteiger partial charge in [0.05, 0.1) is 19.3 Å². The summed E-state index contributed by atoms with van der Waals surface area (Å²) in [6.45, 7) is 2.13. The van der Waals surface area contributed by atoms with E-state index in [1.54, 1.807) is 6.92 Å². The van der Waals surface area contributed by atoms with Crippen LogP contribution in [0, 0.1) is 10.8 Å².